The SMILES string of the molecule is CC1CCCN(C2CC(O)CCC23CCCC3)CC1. The summed E-state index contributed by atoms with van der Waals surface area (Å²) in [6.07, 6.45) is 13.2. The van der Waals surface area contributed by atoms with E-state index < -0.39 is 0 Å². The van der Waals surface area contributed by atoms with Gasteiger partial charge in [-0.1, -0.05) is 19.8 Å². The van der Waals surface area contributed by atoms with Crippen molar-refractivity contribution >= 4 is 0 Å². The maximum absolute atomic E-state index is 10.1. The van der Waals surface area contributed by atoms with Crippen LogP contribution in [0.5, 0.6) is 0 Å². The molecule has 2 nitrogen and oxygen atoms in total. The highest BCUT2D eigenvalue weighted by molar-refractivity contribution is 5.00. The summed E-state index contributed by atoms with van der Waals surface area (Å²) in [6, 6.07) is 0.684. The van der Waals surface area contributed by atoms with Crippen LogP contribution >= 0.6 is 0 Å². The van der Waals surface area contributed by atoms with Crippen LogP contribution in [0, 0.1) is 11.3 Å². The minimum Gasteiger partial charge on any atom is -0.393 e. The molecule has 3 fully saturated rings. The number of nitrogens with zero attached hydrogens (tertiary/aromatic N) is 1. The molecule has 0 amide bonds. The van der Waals surface area contributed by atoms with E-state index in [4.69, 9.17) is 0 Å². The fourth-order valence-corrected chi connectivity index (χ4v) is 5.04. The molecular weight excluding hydrogens is 234 g/mol. The van der Waals surface area contributed by atoms with Gasteiger partial charge in [-0.15, -0.1) is 0 Å². The summed E-state index contributed by atoms with van der Waals surface area (Å²) in [4.78, 5) is 2.78. The molecule has 0 radical (unpaired) electrons. The maximum Gasteiger partial charge on any atom is 0.0555 e. The second-order valence-electron chi connectivity index (χ2n) is 7.59. The lowest BCUT2D eigenvalue weighted by atomic mass is 9.67. The molecular formula is C17H31NO. The zero-order chi connectivity index (χ0) is 13.3. The van der Waals surface area contributed by atoms with Crippen molar-refractivity contribution in [1.82, 2.24) is 4.90 Å². The monoisotopic (exact) mass is 265 g/mol. The summed E-state index contributed by atoms with van der Waals surface area (Å²) in [6.45, 7) is 4.97. The normalized spacial score (nSPS) is 40.4. The minimum absolute atomic E-state index is 0.0306. The third kappa shape index (κ3) is 2.85. The first kappa shape index (κ1) is 13.9. The second kappa shape index (κ2) is 5.73. The highest BCUT2D eigenvalue weighted by atomic mass is 16.3. The molecule has 3 rings (SSSR count). The van der Waals surface area contributed by atoms with E-state index in [1.807, 2.05) is 0 Å². The van der Waals surface area contributed by atoms with Crippen molar-refractivity contribution in [2.75, 3.05) is 13.1 Å². The summed E-state index contributed by atoms with van der Waals surface area (Å²) in [5.74, 6) is 0.901. The van der Waals surface area contributed by atoms with Crippen LogP contribution in [0.4, 0.5) is 0 Å². The lowest BCUT2D eigenvalue weighted by Gasteiger charge is -2.48. The number of hydrogen-bond acceptors (Lipinski definition) is 2. The number of aliphatic hydroxyl groups excluding tert-OH is 1. The summed E-state index contributed by atoms with van der Waals surface area (Å²) in [5.41, 5.74) is 0.576. The standard InChI is InChI=1S/C17H31NO/c1-14-5-4-11-18(12-7-14)16-13-15(19)6-10-17(16)8-2-3-9-17/h14-16,19H,2-13H2,1H3. The van der Waals surface area contributed by atoms with Gasteiger partial charge in [0.15, 0.2) is 0 Å². The van der Waals surface area contributed by atoms with Crippen molar-refractivity contribution in [3.63, 3.8) is 0 Å². The molecule has 2 saturated carbocycles. The molecule has 2 heteroatoms. The Morgan fingerprint density at radius 1 is 0.947 bits per heavy atom. The molecule has 1 N–H and O–H groups in total. The average molecular weight is 265 g/mol. The van der Waals surface area contributed by atoms with E-state index in [1.54, 1.807) is 0 Å². The van der Waals surface area contributed by atoms with Gasteiger partial charge in [0.05, 0.1) is 6.10 Å². The van der Waals surface area contributed by atoms with E-state index >= 15 is 0 Å². The Labute approximate surface area is 118 Å². The van der Waals surface area contributed by atoms with E-state index in [0.29, 0.717) is 11.5 Å². The largest absolute Gasteiger partial charge is 0.393 e. The van der Waals surface area contributed by atoms with E-state index in [2.05, 4.69) is 11.8 Å². The van der Waals surface area contributed by atoms with Gasteiger partial charge in [0.25, 0.3) is 0 Å². The molecule has 0 bridgehead atoms. The van der Waals surface area contributed by atoms with Gasteiger partial charge in [-0.2, -0.15) is 0 Å². The van der Waals surface area contributed by atoms with Crippen LogP contribution in [-0.2, 0) is 0 Å². The van der Waals surface area contributed by atoms with Crippen LogP contribution in [0.25, 0.3) is 0 Å². The first-order valence-corrected chi connectivity index (χ1v) is 8.62. The predicted octanol–water partition coefficient (Wildman–Crippen LogP) is 3.58. The zero-order valence-electron chi connectivity index (χ0n) is 12.6. The lowest BCUT2D eigenvalue weighted by Crippen LogP contribution is -2.51. The molecule has 2 aliphatic carbocycles. The quantitative estimate of drug-likeness (QED) is 0.783. The van der Waals surface area contributed by atoms with Crippen molar-refractivity contribution in [2.24, 2.45) is 11.3 Å². The first-order valence-electron chi connectivity index (χ1n) is 8.62. The molecule has 0 aromatic carbocycles. The van der Waals surface area contributed by atoms with Gasteiger partial charge in [0, 0.05) is 6.04 Å². The van der Waals surface area contributed by atoms with Crippen molar-refractivity contribution in [3.05, 3.63) is 0 Å². The minimum atomic E-state index is -0.0306. The second-order valence-corrected chi connectivity index (χ2v) is 7.59. The fourth-order valence-electron chi connectivity index (χ4n) is 5.04. The lowest BCUT2D eigenvalue weighted by molar-refractivity contribution is -0.0256. The van der Waals surface area contributed by atoms with Gasteiger partial charge in [-0.25, -0.2) is 0 Å². The van der Waals surface area contributed by atoms with Crippen molar-refractivity contribution in [2.45, 2.75) is 83.3 Å². The van der Waals surface area contributed by atoms with Crippen molar-refractivity contribution in [1.29, 1.82) is 0 Å². The van der Waals surface area contributed by atoms with E-state index in [-0.39, 0.29) is 6.10 Å². The van der Waals surface area contributed by atoms with Gasteiger partial charge >= 0.3 is 0 Å². The van der Waals surface area contributed by atoms with Crippen LogP contribution in [0.15, 0.2) is 0 Å². The highest BCUT2D eigenvalue weighted by Crippen LogP contribution is 2.51. The van der Waals surface area contributed by atoms with Gasteiger partial charge in [-0.3, -0.25) is 4.90 Å². The molecule has 3 aliphatic rings. The summed E-state index contributed by atoms with van der Waals surface area (Å²) in [5, 5.41) is 10.1. The molecule has 3 atom stereocenters. The Morgan fingerprint density at radius 2 is 1.74 bits per heavy atom. The van der Waals surface area contributed by atoms with Crippen LogP contribution in [0.1, 0.15) is 71.1 Å². The average Bonchev–Trinajstić information content (AvgIpc) is 2.76. The maximum atomic E-state index is 10.1. The number of aliphatic hydroxyl groups is 1. The van der Waals surface area contributed by atoms with E-state index in [0.717, 1.165) is 18.8 Å². The molecule has 0 aromatic rings. The first-order chi connectivity index (χ1) is 9.20. The predicted molar refractivity (Wildman–Crippen MR) is 79.1 cm³/mol. The van der Waals surface area contributed by atoms with Gasteiger partial charge < -0.3 is 5.11 Å². The Bertz CT molecular complexity index is 298. The van der Waals surface area contributed by atoms with E-state index in [9.17, 15) is 5.11 Å². The molecule has 110 valence electrons. The smallest absolute Gasteiger partial charge is 0.0555 e. The summed E-state index contributed by atoms with van der Waals surface area (Å²) < 4.78 is 0. The third-order valence-corrected chi connectivity index (χ3v) is 6.27. The molecule has 0 aromatic heterocycles. The van der Waals surface area contributed by atoms with E-state index in [1.165, 1.54) is 64.5 Å². The molecule has 1 heterocycles. The molecule has 1 saturated heterocycles. The van der Waals surface area contributed by atoms with Gasteiger partial charge in [0.1, 0.15) is 0 Å². The number of hydrogen-bond donors (Lipinski definition) is 1. The zero-order valence-corrected chi connectivity index (χ0v) is 12.6. The Hall–Kier alpha value is -0.0800. The summed E-state index contributed by atoms with van der Waals surface area (Å²) >= 11 is 0. The molecule has 19 heavy (non-hydrogen) atoms. The Balaban J connectivity index is 1.74. The van der Waals surface area contributed by atoms with Crippen molar-refractivity contribution < 1.29 is 5.11 Å². The molecule has 3 unspecified atom stereocenters. The van der Waals surface area contributed by atoms with Gasteiger partial charge in [-0.05, 0) is 75.8 Å². The number of rotatable bonds is 1. The summed E-state index contributed by atoms with van der Waals surface area (Å²) in [7, 11) is 0. The topological polar surface area (TPSA) is 23.5 Å². The molecule has 1 aliphatic heterocycles. The van der Waals surface area contributed by atoms with Crippen LogP contribution in [0.3, 0.4) is 0 Å². The number of likely N-dealkylation sites (tertiary alicyclic amines) is 1. The van der Waals surface area contributed by atoms with Crippen LogP contribution in [0.2, 0.25) is 0 Å². The van der Waals surface area contributed by atoms with Crippen LogP contribution < -0.4 is 0 Å². The fraction of sp³-hybridized carbons (Fsp3) is 1.00. The van der Waals surface area contributed by atoms with Gasteiger partial charge in [0.2, 0.25) is 0 Å². The van der Waals surface area contributed by atoms with Crippen LogP contribution in [-0.4, -0.2) is 35.2 Å². The third-order valence-electron chi connectivity index (χ3n) is 6.27. The Kier molecular flexibility index (Phi) is 4.19. The highest BCUT2D eigenvalue weighted by Gasteiger charge is 2.47. The molecule has 1 spiro atoms. The Morgan fingerprint density at radius 3 is 2.53 bits per heavy atom. The van der Waals surface area contributed by atoms with Crippen molar-refractivity contribution in [3.8, 4) is 0 Å².